The monoisotopic (exact) mass is 348 g/mol. The van der Waals surface area contributed by atoms with Gasteiger partial charge in [0.15, 0.2) is 0 Å². The predicted molar refractivity (Wildman–Crippen MR) is 103 cm³/mol. The van der Waals surface area contributed by atoms with Gasteiger partial charge in [0.2, 0.25) is 5.91 Å². The van der Waals surface area contributed by atoms with Gasteiger partial charge in [-0.05, 0) is 52.9 Å². The molecule has 2 N–H and O–H groups in total. The van der Waals surface area contributed by atoms with Gasteiger partial charge in [-0.1, -0.05) is 54.1 Å². The third-order valence-corrected chi connectivity index (χ3v) is 4.72. The molecule has 0 fully saturated rings. The lowest BCUT2D eigenvalue weighted by atomic mass is 10.1. The first-order valence-electron chi connectivity index (χ1n) is 8.20. The molecule has 3 nitrogen and oxygen atoms in total. The Bertz CT molecular complexity index is 952. The molecule has 0 radical (unpaired) electrons. The van der Waals surface area contributed by atoms with Gasteiger partial charge in [-0.25, -0.2) is 0 Å². The molecule has 0 spiro atoms. The molecule has 1 aliphatic rings. The molecule has 4 rings (SSSR count). The second-order valence-electron chi connectivity index (χ2n) is 6.09. The van der Waals surface area contributed by atoms with Crippen LogP contribution in [0.25, 0.3) is 11.1 Å². The van der Waals surface area contributed by atoms with Gasteiger partial charge >= 0.3 is 0 Å². The molecule has 0 saturated carbocycles. The molecule has 0 saturated heterocycles. The molecule has 0 heterocycles. The van der Waals surface area contributed by atoms with Crippen LogP contribution in [0, 0.1) is 0 Å². The Morgan fingerprint density at radius 1 is 0.920 bits per heavy atom. The van der Waals surface area contributed by atoms with Gasteiger partial charge in [0, 0.05) is 5.69 Å². The van der Waals surface area contributed by atoms with Crippen molar-refractivity contribution in [1.29, 1.82) is 0 Å². The van der Waals surface area contributed by atoms with Gasteiger partial charge in [0.05, 0.1) is 17.3 Å². The minimum absolute atomic E-state index is 0.128. The molecule has 0 bridgehead atoms. The summed E-state index contributed by atoms with van der Waals surface area (Å²) in [5.41, 5.74) is 6.80. The van der Waals surface area contributed by atoms with E-state index in [1.165, 1.54) is 22.3 Å². The van der Waals surface area contributed by atoms with E-state index in [1.807, 2.05) is 18.2 Å². The average molecular weight is 349 g/mol. The molecule has 1 amide bonds. The summed E-state index contributed by atoms with van der Waals surface area (Å²) >= 11 is 6.06. The SMILES string of the molecule is O=C(CNc1ccc2c(c1)Cc1ccccc1-2)Nc1ccccc1Cl. The highest BCUT2D eigenvalue weighted by Gasteiger charge is 2.17. The number of halogens is 1. The standard InChI is InChI=1S/C21H17ClN2O/c22-19-7-3-4-8-20(19)24-21(25)13-23-16-9-10-18-15(12-16)11-14-5-1-2-6-17(14)18/h1-10,12,23H,11,13H2,(H,24,25). The Morgan fingerprint density at radius 2 is 1.68 bits per heavy atom. The number of nitrogens with one attached hydrogen (secondary N) is 2. The number of benzene rings is 3. The highest BCUT2D eigenvalue weighted by molar-refractivity contribution is 6.33. The van der Waals surface area contributed by atoms with Crippen LogP contribution in [0.5, 0.6) is 0 Å². The fraction of sp³-hybridized carbons (Fsp3) is 0.0952. The number of carbonyl (C=O) groups is 1. The first kappa shape index (κ1) is 15.7. The summed E-state index contributed by atoms with van der Waals surface area (Å²) in [6, 6.07) is 21.9. The van der Waals surface area contributed by atoms with Crippen molar-refractivity contribution in [3.63, 3.8) is 0 Å². The summed E-state index contributed by atoms with van der Waals surface area (Å²) in [5, 5.41) is 6.53. The maximum atomic E-state index is 12.1. The van der Waals surface area contributed by atoms with Crippen LogP contribution in [0.1, 0.15) is 11.1 Å². The smallest absolute Gasteiger partial charge is 0.243 e. The molecule has 25 heavy (non-hydrogen) atoms. The van der Waals surface area contributed by atoms with Gasteiger partial charge < -0.3 is 10.6 Å². The Morgan fingerprint density at radius 3 is 2.56 bits per heavy atom. The highest BCUT2D eigenvalue weighted by atomic mass is 35.5. The molecule has 124 valence electrons. The Labute approximate surface area is 151 Å². The maximum absolute atomic E-state index is 12.1. The molecule has 4 heteroatoms. The van der Waals surface area contributed by atoms with E-state index in [2.05, 4.69) is 47.0 Å². The van der Waals surface area contributed by atoms with Crippen LogP contribution in [0.4, 0.5) is 11.4 Å². The van der Waals surface area contributed by atoms with Crippen LogP contribution in [0.3, 0.4) is 0 Å². The van der Waals surface area contributed by atoms with Crippen LogP contribution in [-0.2, 0) is 11.2 Å². The molecule has 3 aromatic carbocycles. The highest BCUT2D eigenvalue weighted by Crippen LogP contribution is 2.37. The van der Waals surface area contributed by atoms with Crippen molar-refractivity contribution < 1.29 is 4.79 Å². The van der Waals surface area contributed by atoms with Gasteiger partial charge in [-0.3, -0.25) is 4.79 Å². The third-order valence-electron chi connectivity index (χ3n) is 4.39. The second-order valence-corrected chi connectivity index (χ2v) is 6.49. The van der Waals surface area contributed by atoms with E-state index in [-0.39, 0.29) is 12.5 Å². The average Bonchev–Trinajstić information content (AvgIpc) is 3.00. The number of anilines is 2. The molecule has 0 unspecified atom stereocenters. The molecular weight excluding hydrogens is 332 g/mol. The summed E-state index contributed by atoms with van der Waals surface area (Å²) in [6.07, 6.45) is 0.937. The van der Waals surface area contributed by atoms with Crippen LogP contribution in [0.15, 0.2) is 66.7 Å². The lowest BCUT2D eigenvalue weighted by molar-refractivity contribution is -0.114. The number of hydrogen-bond donors (Lipinski definition) is 2. The molecular formula is C21H17ClN2O. The van der Waals surface area contributed by atoms with E-state index in [9.17, 15) is 4.79 Å². The molecule has 0 atom stereocenters. The summed E-state index contributed by atoms with van der Waals surface area (Å²) in [5.74, 6) is -0.128. The number of fused-ring (bicyclic) bond motifs is 3. The van der Waals surface area contributed by atoms with E-state index >= 15 is 0 Å². The Balaban J connectivity index is 1.42. The van der Waals surface area contributed by atoms with E-state index in [0.29, 0.717) is 10.7 Å². The summed E-state index contributed by atoms with van der Waals surface area (Å²) in [4.78, 5) is 12.1. The zero-order chi connectivity index (χ0) is 17.2. The quantitative estimate of drug-likeness (QED) is 0.547. The van der Waals surface area contributed by atoms with Crippen LogP contribution in [0.2, 0.25) is 5.02 Å². The zero-order valence-corrected chi connectivity index (χ0v) is 14.3. The van der Waals surface area contributed by atoms with Crippen LogP contribution in [-0.4, -0.2) is 12.5 Å². The second kappa shape index (κ2) is 6.61. The fourth-order valence-corrected chi connectivity index (χ4v) is 3.38. The summed E-state index contributed by atoms with van der Waals surface area (Å²) in [6.45, 7) is 0.191. The molecule has 3 aromatic rings. The number of amides is 1. The number of para-hydroxylation sites is 1. The Kier molecular flexibility index (Phi) is 4.16. The molecule has 0 aromatic heterocycles. The number of rotatable bonds is 4. The van der Waals surface area contributed by atoms with E-state index < -0.39 is 0 Å². The number of hydrogen-bond acceptors (Lipinski definition) is 2. The van der Waals surface area contributed by atoms with Crippen molar-refractivity contribution in [3.05, 3.63) is 82.9 Å². The first-order valence-corrected chi connectivity index (χ1v) is 8.58. The van der Waals surface area contributed by atoms with Crippen molar-refractivity contribution >= 4 is 28.9 Å². The lowest BCUT2D eigenvalue weighted by Gasteiger charge is -2.10. The van der Waals surface area contributed by atoms with E-state index in [1.54, 1.807) is 12.1 Å². The predicted octanol–water partition coefficient (Wildman–Crippen LogP) is 4.96. The van der Waals surface area contributed by atoms with Crippen molar-refractivity contribution in [3.8, 4) is 11.1 Å². The zero-order valence-electron chi connectivity index (χ0n) is 13.6. The van der Waals surface area contributed by atoms with Gasteiger partial charge in [-0.15, -0.1) is 0 Å². The topological polar surface area (TPSA) is 41.1 Å². The Hall–Kier alpha value is -2.78. The first-order chi connectivity index (χ1) is 12.2. The van der Waals surface area contributed by atoms with Crippen molar-refractivity contribution in [2.45, 2.75) is 6.42 Å². The minimum atomic E-state index is -0.128. The molecule has 1 aliphatic carbocycles. The lowest BCUT2D eigenvalue weighted by Crippen LogP contribution is -2.21. The minimum Gasteiger partial charge on any atom is -0.376 e. The van der Waals surface area contributed by atoms with Gasteiger partial charge in [0.1, 0.15) is 0 Å². The van der Waals surface area contributed by atoms with Crippen LogP contribution < -0.4 is 10.6 Å². The summed E-state index contributed by atoms with van der Waals surface area (Å²) < 4.78 is 0. The summed E-state index contributed by atoms with van der Waals surface area (Å²) in [7, 11) is 0. The van der Waals surface area contributed by atoms with Crippen molar-refractivity contribution in [1.82, 2.24) is 0 Å². The van der Waals surface area contributed by atoms with Crippen molar-refractivity contribution in [2.24, 2.45) is 0 Å². The maximum Gasteiger partial charge on any atom is 0.243 e. The van der Waals surface area contributed by atoms with Crippen molar-refractivity contribution in [2.75, 3.05) is 17.2 Å². The normalized spacial score (nSPS) is 11.6. The molecule has 0 aliphatic heterocycles. The largest absolute Gasteiger partial charge is 0.376 e. The number of carbonyl (C=O) groups excluding carboxylic acids is 1. The van der Waals surface area contributed by atoms with E-state index in [0.717, 1.165) is 12.1 Å². The fourth-order valence-electron chi connectivity index (χ4n) is 3.19. The van der Waals surface area contributed by atoms with E-state index in [4.69, 9.17) is 11.6 Å². The van der Waals surface area contributed by atoms with Gasteiger partial charge in [0.25, 0.3) is 0 Å². The van der Waals surface area contributed by atoms with Crippen LogP contribution >= 0.6 is 11.6 Å². The van der Waals surface area contributed by atoms with Gasteiger partial charge in [-0.2, -0.15) is 0 Å². The third kappa shape index (κ3) is 3.24.